The van der Waals surface area contributed by atoms with Crippen LogP contribution in [-0.2, 0) is 10.0 Å². The summed E-state index contributed by atoms with van der Waals surface area (Å²) in [4.78, 5) is 13.2. The van der Waals surface area contributed by atoms with Crippen molar-refractivity contribution in [1.29, 1.82) is 5.26 Å². The molecule has 2 aromatic carbocycles. The minimum absolute atomic E-state index is 0.161. The van der Waals surface area contributed by atoms with Gasteiger partial charge in [0.25, 0.3) is 0 Å². The van der Waals surface area contributed by atoms with Crippen LogP contribution < -0.4 is 19.8 Å². The summed E-state index contributed by atoms with van der Waals surface area (Å²) in [6.07, 6.45) is 9.04. The standard InChI is InChI=1S/C30H39FN8O2S/c1-37-16-8-4-10-18-39(19-11-5-9-17-37)27-15-14-24(20-25(27)31)34-30-33-22-23(21-32)29(36-30)35-26-12-6-7-13-28(26)38(2)42(3,40)41/h6-7,12-15,20,22H,4-5,8-11,16-19H2,1-3H3,(H2,33,34,35,36). The van der Waals surface area contributed by atoms with Crippen molar-refractivity contribution in [3.63, 3.8) is 0 Å². The molecule has 1 aliphatic rings. The topological polar surface area (TPSA) is 117 Å². The first-order valence-corrected chi connectivity index (χ1v) is 16.1. The van der Waals surface area contributed by atoms with Gasteiger partial charge in [-0.3, -0.25) is 4.31 Å². The first-order valence-electron chi connectivity index (χ1n) is 14.2. The molecular weight excluding hydrogens is 555 g/mol. The molecule has 10 nitrogen and oxygen atoms in total. The Morgan fingerprint density at radius 2 is 1.64 bits per heavy atom. The Hall–Kier alpha value is -3.95. The molecule has 12 heteroatoms. The zero-order valence-corrected chi connectivity index (χ0v) is 25.3. The smallest absolute Gasteiger partial charge is 0.232 e. The highest BCUT2D eigenvalue weighted by Gasteiger charge is 2.18. The molecule has 42 heavy (non-hydrogen) atoms. The second-order valence-electron chi connectivity index (χ2n) is 10.6. The molecule has 0 saturated carbocycles. The molecule has 3 aromatic rings. The van der Waals surface area contributed by atoms with E-state index >= 15 is 4.39 Å². The van der Waals surface area contributed by atoms with E-state index in [0.29, 0.717) is 22.7 Å². The van der Waals surface area contributed by atoms with Gasteiger partial charge in [-0.25, -0.2) is 17.8 Å². The molecule has 2 N–H and O–H groups in total. The molecule has 1 saturated heterocycles. The van der Waals surface area contributed by atoms with E-state index in [-0.39, 0.29) is 23.1 Å². The fraction of sp³-hybridized carbons (Fsp3) is 0.433. The van der Waals surface area contributed by atoms with Gasteiger partial charge in [-0.2, -0.15) is 10.2 Å². The van der Waals surface area contributed by atoms with E-state index in [1.807, 2.05) is 0 Å². The molecule has 0 bridgehead atoms. The van der Waals surface area contributed by atoms with Crippen LogP contribution in [0.1, 0.15) is 44.1 Å². The van der Waals surface area contributed by atoms with Crippen LogP contribution in [0.25, 0.3) is 0 Å². The molecule has 0 unspecified atom stereocenters. The summed E-state index contributed by atoms with van der Waals surface area (Å²) < 4.78 is 40.8. The zero-order chi connectivity index (χ0) is 30.1. The molecule has 2 heterocycles. The fourth-order valence-electron chi connectivity index (χ4n) is 4.94. The molecule has 1 fully saturated rings. The van der Waals surface area contributed by atoms with Crippen LogP contribution in [0, 0.1) is 17.1 Å². The predicted octanol–water partition coefficient (Wildman–Crippen LogP) is 5.46. The van der Waals surface area contributed by atoms with E-state index in [2.05, 4.69) is 43.5 Å². The molecule has 1 aliphatic heterocycles. The van der Waals surface area contributed by atoms with Crippen molar-refractivity contribution in [3.05, 3.63) is 60.0 Å². The van der Waals surface area contributed by atoms with Crippen LogP contribution in [0.4, 0.5) is 38.9 Å². The number of nitrogens with one attached hydrogen (secondary N) is 2. The summed E-state index contributed by atoms with van der Waals surface area (Å²) in [6, 6.07) is 13.9. The molecule has 224 valence electrons. The number of anilines is 6. The molecule has 0 aliphatic carbocycles. The lowest BCUT2D eigenvalue weighted by atomic mass is 10.1. The number of nitrogens with zero attached hydrogens (tertiary/aromatic N) is 6. The van der Waals surface area contributed by atoms with Gasteiger partial charge in [0, 0.05) is 25.8 Å². The Morgan fingerprint density at radius 3 is 2.29 bits per heavy atom. The van der Waals surface area contributed by atoms with E-state index in [9.17, 15) is 13.7 Å². The predicted molar refractivity (Wildman–Crippen MR) is 167 cm³/mol. The Bertz CT molecular complexity index is 1500. The molecule has 4 rings (SSSR count). The van der Waals surface area contributed by atoms with Gasteiger partial charge in [-0.15, -0.1) is 0 Å². The lowest BCUT2D eigenvalue weighted by Crippen LogP contribution is -2.28. The molecule has 0 atom stereocenters. The molecule has 0 radical (unpaired) electrons. The number of benzene rings is 2. The third kappa shape index (κ3) is 8.30. The fourth-order valence-corrected chi connectivity index (χ4v) is 5.45. The Morgan fingerprint density at radius 1 is 0.976 bits per heavy atom. The summed E-state index contributed by atoms with van der Waals surface area (Å²) >= 11 is 0. The van der Waals surface area contributed by atoms with Crippen molar-refractivity contribution in [1.82, 2.24) is 14.9 Å². The highest BCUT2D eigenvalue weighted by atomic mass is 32.2. The Kier molecular flexibility index (Phi) is 10.5. The summed E-state index contributed by atoms with van der Waals surface area (Å²) in [7, 11) is 0.111. The minimum atomic E-state index is -3.52. The number of nitriles is 1. The number of rotatable bonds is 7. The number of halogens is 1. The average molecular weight is 595 g/mol. The van der Waals surface area contributed by atoms with Gasteiger partial charge >= 0.3 is 0 Å². The van der Waals surface area contributed by atoms with Crippen molar-refractivity contribution in [2.75, 3.05) is 66.4 Å². The second-order valence-corrected chi connectivity index (χ2v) is 12.7. The average Bonchev–Trinajstić information content (AvgIpc) is 2.95. The van der Waals surface area contributed by atoms with Crippen molar-refractivity contribution in [2.24, 2.45) is 0 Å². The third-order valence-corrected chi connectivity index (χ3v) is 8.57. The quantitative estimate of drug-likeness (QED) is 0.368. The molecular formula is C30H39FN8O2S. The molecule has 0 amide bonds. The monoisotopic (exact) mass is 594 g/mol. The number of hydrogen-bond donors (Lipinski definition) is 2. The molecule has 1 aromatic heterocycles. The van der Waals surface area contributed by atoms with E-state index in [1.165, 1.54) is 19.3 Å². The third-order valence-electron chi connectivity index (χ3n) is 7.38. The number of sulfonamides is 1. The highest BCUT2D eigenvalue weighted by Crippen LogP contribution is 2.31. The van der Waals surface area contributed by atoms with Crippen molar-refractivity contribution >= 4 is 44.5 Å². The van der Waals surface area contributed by atoms with E-state index in [0.717, 1.165) is 75.3 Å². The van der Waals surface area contributed by atoms with Crippen LogP contribution in [0.5, 0.6) is 0 Å². The van der Waals surface area contributed by atoms with Crippen molar-refractivity contribution < 1.29 is 12.8 Å². The lowest BCUT2D eigenvalue weighted by molar-refractivity contribution is 0.314. The minimum Gasteiger partial charge on any atom is -0.369 e. The van der Waals surface area contributed by atoms with Crippen LogP contribution in [-0.4, -0.2) is 69.8 Å². The van der Waals surface area contributed by atoms with Gasteiger partial charge in [0.1, 0.15) is 17.4 Å². The van der Waals surface area contributed by atoms with Gasteiger partial charge in [0.2, 0.25) is 16.0 Å². The van der Waals surface area contributed by atoms with Gasteiger partial charge in [-0.1, -0.05) is 25.0 Å². The van der Waals surface area contributed by atoms with E-state index in [4.69, 9.17) is 0 Å². The van der Waals surface area contributed by atoms with Crippen molar-refractivity contribution in [3.8, 4) is 6.07 Å². The Balaban J connectivity index is 1.51. The van der Waals surface area contributed by atoms with Crippen LogP contribution in [0.2, 0.25) is 0 Å². The summed E-state index contributed by atoms with van der Waals surface area (Å²) in [5.74, 6) is 0.0254. The number of para-hydroxylation sites is 2. The van der Waals surface area contributed by atoms with E-state index < -0.39 is 10.0 Å². The first-order chi connectivity index (χ1) is 20.2. The number of hydrogen-bond acceptors (Lipinski definition) is 9. The molecule has 0 spiro atoms. The van der Waals surface area contributed by atoms with Crippen LogP contribution in [0.15, 0.2) is 48.7 Å². The maximum absolute atomic E-state index is 15.4. The van der Waals surface area contributed by atoms with E-state index in [1.54, 1.807) is 36.4 Å². The first kappa shape index (κ1) is 31.0. The Labute approximate surface area is 248 Å². The summed E-state index contributed by atoms with van der Waals surface area (Å²) in [5, 5.41) is 15.7. The normalized spacial score (nSPS) is 15.6. The summed E-state index contributed by atoms with van der Waals surface area (Å²) in [6.45, 7) is 3.84. The second kappa shape index (κ2) is 14.3. The lowest BCUT2D eigenvalue weighted by Gasteiger charge is -2.27. The van der Waals surface area contributed by atoms with Gasteiger partial charge in [-0.05, 0) is 76.2 Å². The largest absolute Gasteiger partial charge is 0.369 e. The highest BCUT2D eigenvalue weighted by molar-refractivity contribution is 7.92. The number of aromatic nitrogens is 2. The SMILES string of the molecule is CN1CCCCCN(c2ccc(Nc3ncc(C#N)c(Nc4ccccc4N(C)S(C)(=O)=O)n3)cc2F)CCCCC1. The van der Waals surface area contributed by atoms with Gasteiger partial charge < -0.3 is 20.4 Å². The van der Waals surface area contributed by atoms with Crippen molar-refractivity contribution in [2.45, 2.75) is 38.5 Å². The van der Waals surface area contributed by atoms with Crippen LogP contribution in [0.3, 0.4) is 0 Å². The maximum atomic E-state index is 15.4. The summed E-state index contributed by atoms with van der Waals surface area (Å²) in [5.41, 5.74) is 2.07. The van der Waals surface area contributed by atoms with Crippen LogP contribution >= 0.6 is 0 Å². The van der Waals surface area contributed by atoms with Gasteiger partial charge in [0.05, 0.1) is 29.5 Å². The zero-order valence-electron chi connectivity index (χ0n) is 24.5. The maximum Gasteiger partial charge on any atom is 0.232 e. The van der Waals surface area contributed by atoms with Gasteiger partial charge in [0.15, 0.2) is 5.82 Å².